The van der Waals surface area contributed by atoms with E-state index in [4.69, 9.17) is 14.2 Å². The Labute approximate surface area is 175 Å². The van der Waals surface area contributed by atoms with Gasteiger partial charge in [-0.25, -0.2) is 0 Å². The van der Waals surface area contributed by atoms with Crippen LogP contribution in [0.15, 0.2) is 48.5 Å². The lowest BCUT2D eigenvalue weighted by molar-refractivity contribution is 0.112. The van der Waals surface area contributed by atoms with Crippen LogP contribution in [0.1, 0.15) is 32.6 Å². The highest BCUT2D eigenvalue weighted by Gasteiger charge is 2.17. The summed E-state index contributed by atoms with van der Waals surface area (Å²) in [6, 6.07) is 16.1. The largest absolute Gasteiger partial charge is 0.492 e. The third-order valence-electron chi connectivity index (χ3n) is 5.64. The average molecular weight is 398 g/mol. The van der Waals surface area contributed by atoms with Crippen LogP contribution in [-0.2, 0) is 6.42 Å². The first kappa shape index (κ1) is 18.5. The van der Waals surface area contributed by atoms with Crippen LogP contribution in [0.5, 0.6) is 17.2 Å². The molecule has 0 unspecified atom stereocenters. The Morgan fingerprint density at radius 1 is 0.833 bits per heavy atom. The van der Waals surface area contributed by atoms with Gasteiger partial charge in [0.2, 0.25) is 0 Å². The predicted octanol–water partition coefficient (Wildman–Crippen LogP) is 5.35. The first-order chi connectivity index (χ1) is 14.7. The Balaban J connectivity index is 1.50. The van der Waals surface area contributed by atoms with Crippen LogP contribution < -0.4 is 14.2 Å². The van der Waals surface area contributed by atoms with Gasteiger partial charge in [-0.1, -0.05) is 36.4 Å². The van der Waals surface area contributed by atoms with Crippen molar-refractivity contribution in [3.8, 4) is 28.4 Å². The molecule has 30 heavy (non-hydrogen) atoms. The molecule has 4 heteroatoms. The number of carbonyl (C=O) groups is 1. The van der Waals surface area contributed by atoms with Gasteiger partial charge in [-0.05, 0) is 59.0 Å². The standard InChI is InChI=1S/C26H22O4/c1-17-19(5-6-21-13-18(16-27)14-22-9-10-30-26(21)22)3-2-4-23(17)20-7-8-24-25(15-20)29-12-11-28-24/h2-8,13-16H,9-12H2,1H3/b6-5+. The number of aldehydes is 1. The van der Waals surface area contributed by atoms with Crippen molar-refractivity contribution >= 4 is 18.4 Å². The van der Waals surface area contributed by atoms with Gasteiger partial charge in [-0.15, -0.1) is 0 Å². The maximum atomic E-state index is 11.3. The van der Waals surface area contributed by atoms with E-state index in [0.29, 0.717) is 25.4 Å². The molecule has 5 rings (SSSR count). The monoisotopic (exact) mass is 398 g/mol. The number of benzene rings is 3. The SMILES string of the molecule is Cc1c(/C=C/c2cc(C=O)cc3c2OCC3)cccc1-c1ccc2c(c1)OCCO2. The van der Waals surface area contributed by atoms with E-state index in [-0.39, 0.29) is 0 Å². The van der Waals surface area contributed by atoms with E-state index in [9.17, 15) is 4.79 Å². The normalized spacial score (nSPS) is 14.4. The van der Waals surface area contributed by atoms with Crippen LogP contribution in [0.4, 0.5) is 0 Å². The van der Waals surface area contributed by atoms with E-state index in [1.807, 2.05) is 30.3 Å². The van der Waals surface area contributed by atoms with Crippen molar-refractivity contribution in [2.24, 2.45) is 0 Å². The van der Waals surface area contributed by atoms with Crippen LogP contribution in [0.2, 0.25) is 0 Å². The molecular weight excluding hydrogens is 376 g/mol. The van der Waals surface area contributed by atoms with Crippen LogP contribution >= 0.6 is 0 Å². The smallest absolute Gasteiger partial charge is 0.161 e. The summed E-state index contributed by atoms with van der Waals surface area (Å²) in [5.41, 5.74) is 7.26. The molecule has 0 aliphatic carbocycles. The van der Waals surface area contributed by atoms with Crippen molar-refractivity contribution in [3.63, 3.8) is 0 Å². The molecule has 0 spiro atoms. The summed E-state index contributed by atoms with van der Waals surface area (Å²) in [7, 11) is 0. The molecule has 0 atom stereocenters. The molecule has 0 N–H and O–H groups in total. The summed E-state index contributed by atoms with van der Waals surface area (Å²) in [5.74, 6) is 2.47. The van der Waals surface area contributed by atoms with Gasteiger partial charge < -0.3 is 14.2 Å². The molecule has 3 aromatic carbocycles. The molecule has 3 aromatic rings. The summed E-state index contributed by atoms with van der Waals surface area (Å²) in [6.07, 6.45) is 5.86. The molecule has 0 radical (unpaired) electrons. The maximum Gasteiger partial charge on any atom is 0.161 e. The zero-order valence-electron chi connectivity index (χ0n) is 16.8. The van der Waals surface area contributed by atoms with E-state index >= 15 is 0 Å². The molecule has 4 nitrogen and oxygen atoms in total. The minimum absolute atomic E-state index is 0.574. The van der Waals surface area contributed by atoms with Crippen molar-refractivity contribution in [3.05, 3.63) is 76.3 Å². The minimum atomic E-state index is 0.574. The topological polar surface area (TPSA) is 44.8 Å². The van der Waals surface area contributed by atoms with Crippen LogP contribution in [0, 0.1) is 6.92 Å². The van der Waals surface area contributed by atoms with Gasteiger partial charge >= 0.3 is 0 Å². The van der Waals surface area contributed by atoms with Crippen molar-refractivity contribution in [2.45, 2.75) is 13.3 Å². The fourth-order valence-corrected chi connectivity index (χ4v) is 4.09. The lowest BCUT2D eigenvalue weighted by Gasteiger charge is -2.19. The molecule has 2 aliphatic heterocycles. The zero-order valence-corrected chi connectivity index (χ0v) is 16.8. The Bertz CT molecular complexity index is 1160. The molecule has 2 heterocycles. The number of hydrogen-bond acceptors (Lipinski definition) is 4. The maximum absolute atomic E-state index is 11.3. The van der Waals surface area contributed by atoms with Crippen LogP contribution in [-0.4, -0.2) is 26.1 Å². The second kappa shape index (κ2) is 7.71. The predicted molar refractivity (Wildman–Crippen MR) is 118 cm³/mol. The van der Waals surface area contributed by atoms with E-state index < -0.39 is 0 Å². The Hall–Kier alpha value is -3.53. The summed E-state index contributed by atoms with van der Waals surface area (Å²) < 4.78 is 17.2. The Morgan fingerprint density at radius 2 is 1.67 bits per heavy atom. The van der Waals surface area contributed by atoms with Crippen LogP contribution in [0.25, 0.3) is 23.3 Å². The fourth-order valence-electron chi connectivity index (χ4n) is 4.09. The number of fused-ring (bicyclic) bond motifs is 2. The average Bonchev–Trinajstić information content (AvgIpc) is 3.26. The summed E-state index contributed by atoms with van der Waals surface area (Å²) in [4.78, 5) is 11.3. The Morgan fingerprint density at radius 3 is 2.53 bits per heavy atom. The van der Waals surface area contributed by atoms with Gasteiger partial charge in [0.05, 0.1) is 6.61 Å². The van der Waals surface area contributed by atoms with E-state index in [1.54, 1.807) is 0 Å². The first-order valence-corrected chi connectivity index (χ1v) is 10.2. The van der Waals surface area contributed by atoms with Gasteiger partial charge in [-0.3, -0.25) is 4.79 Å². The number of hydrogen-bond donors (Lipinski definition) is 0. The molecular formula is C26H22O4. The highest BCUT2D eigenvalue weighted by molar-refractivity contribution is 5.83. The number of carbonyl (C=O) groups excluding carboxylic acids is 1. The molecule has 150 valence electrons. The van der Waals surface area contributed by atoms with Gasteiger partial charge in [0.15, 0.2) is 11.5 Å². The molecule has 0 saturated carbocycles. The quantitative estimate of drug-likeness (QED) is 0.439. The van der Waals surface area contributed by atoms with E-state index in [0.717, 1.165) is 57.8 Å². The molecule has 0 bridgehead atoms. The molecule has 2 aliphatic rings. The lowest BCUT2D eigenvalue weighted by Crippen LogP contribution is -2.15. The van der Waals surface area contributed by atoms with Crippen molar-refractivity contribution in [1.29, 1.82) is 0 Å². The Kier molecular flexibility index (Phi) is 4.75. The van der Waals surface area contributed by atoms with Crippen LogP contribution in [0.3, 0.4) is 0 Å². The second-order valence-corrected chi connectivity index (χ2v) is 7.53. The summed E-state index contributed by atoms with van der Waals surface area (Å²) in [6.45, 7) is 3.94. The van der Waals surface area contributed by atoms with E-state index in [2.05, 4.69) is 37.3 Å². The van der Waals surface area contributed by atoms with Gasteiger partial charge in [0, 0.05) is 17.5 Å². The first-order valence-electron chi connectivity index (χ1n) is 10.2. The molecule has 0 aromatic heterocycles. The summed E-state index contributed by atoms with van der Waals surface area (Å²) in [5, 5.41) is 0. The second-order valence-electron chi connectivity index (χ2n) is 7.53. The van der Waals surface area contributed by atoms with Crippen molar-refractivity contribution in [1.82, 2.24) is 0 Å². The molecule has 0 fully saturated rings. The highest BCUT2D eigenvalue weighted by Crippen LogP contribution is 2.37. The molecule has 0 amide bonds. The fraction of sp³-hybridized carbons (Fsp3) is 0.192. The van der Waals surface area contributed by atoms with Gasteiger partial charge in [-0.2, -0.15) is 0 Å². The summed E-state index contributed by atoms with van der Waals surface area (Å²) >= 11 is 0. The zero-order chi connectivity index (χ0) is 20.5. The number of rotatable bonds is 4. The highest BCUT2D eigenvalue weighted by atomic mass is 16.6. The third kappa shape index (κ3) is 3.35. The van der Waals surface area contributed by atoms with Crippen molar-refractivity contribution < 1.29 is 19.0 Å². The molecule has 0 saturated heterocycles. The lowest BCUT2D eigenvalue weighted by atomic mass is 9.95. The van der Waals surface area contributed by atoms with Gasteiger partial charge in [0.25, 0.3) is 0 Å². The number of ether oxygens (including phenoxy) is 3. The van der Waals surface area contributed by atoms with E-state index in [1.165, 1.54) is 5.56 Å². The van der Waals surface area contributed by atoms with Crippen molar-refractivity contribution in [2.75, 3.05) is 19.8 Å². The minimum Gasteiger partial charge on any atom is -0.492 e. The van der Waals surface area contributed by atoms with Gasteiger partial charge in [0.1, 0.15) is 25.2 Å². The third-order valence-corrected chi connectivity index (χ3v) is 5.64.